The van der Waals surface area contributed by atoms with Crippen molar-refractivity contribution < 1.29 is 9.53 Å². The molecule has 0 saturated heterocycles. The molecular formula is C25H22ClN3O2. The molecule has 5 nitrogen and oxygen atoms in total. The average molecular weight is 432 g/mol. The van der Waals surface area contributed by atoms with Crippen LogP contribution in [0.3, 0.4) is 0 Å². The van der Waals surface area contributed by atoms with Crippen molar-refractivity contribution in [1.82, 2.24) is 9.99 Å². The maximum absolute atomic E-state index is 12.0. The molecule has 0 spiro atoms. The van der Waals surface area contributed by atoms with Crippen LogP contribution in [0.5, 0.6) is 5.75 Å². The number of hydrazone groups is 1. The quantitative estimate of drug-likeness (QED) is 0.324. The smallest absolute Gasteiger partial charge is 0.277 e. The Morgan fingerprint density at radius 3 is 2.77 bits per heavy atom. The highest BCUT2D eigenvalue weighted by molar-refractivity contribution is 6.30. The van der Waals surface area contributed by atoms with Crippen LogP contribution in [0.4, 0.5) is 0 Å². The van der Waals surface area contributed by atoms with Crippen LogP contribution in [-0.2, 0) is 11.3 Å². The third-order valence-corrected chi connectivity index (χ3v) is 5.05. The van der Waals surface area contributed by atoms with Crippen LogP contribution in [0.1, 0.15) is 16.7 Å². The Morgan fingerprint density at radius 1 is 1.10 bits per heavy atom. The van der Waals surface area contributed by atoms with Gasteiger partial charge >= 0.3 is 0 Å². The van der Waals surface area contributed by atoms with Crippen molar-refractivity contribution in [1.29, 1.82) is 0 Å². The molecule has 31 heavy (non-hydrogen) atoms. The molecule has 0 atom stereocenters. The molecule has 0 bridgehead atoms. The molecule has 0 unspecified atom stereocenters. The number of aromatic nitrogens is 1. The van der Waals surface area contributed by atoms with Gasteiger partial charge in [-0.1, -0.05) is 65.7 Å². The van der Waals surface area contributed by atoms with Gasteiger partial charge in [0, 0.05) is 34.2 Å². The Kier molecular flexibility index (Phi) is 6.34. The van der Waals surface area contributed by atoms with Crippen LogP contribution < -0.4 is 10.2 Å². The summed E-state index contributed by atoms with van der Waals surface area (Å²) in [5.41, 5.74) is 7.02. The summed E-state index contributed by atoms with van der Waals surface area (Å²) in [6.07, 6.45) is 3.71. The molecular weight excluding hydrogens is 410 g/mol. The number of aryl methyl sites for hydroxylation is 1. The van der Waals surface area contributed by atoms with E-state index in [-0.39, 0.29) is 12.5 Å². The zero-order chi connectivity index (χ0) is 21.6. The zero-order valence-electron chi connectivity index (χ0n) is 17.1. The van der Waals surface area contributed by atoms with Crippen LogP contribution in [0, 0.1) is 6.92 Å². The first-order valence-corrected chi connectivity index (χ1v) is 10.3. The minimum Gasteiger partial charge on any atom is -0.484 e. The van der Waals surface area contributed by atoms with E-state index in [0.29, 0.717) is 10.8 Å². The van der Waals surface area contributed by atoms with Gasteiger partial charge in [0.25, 0.3) is 5.91 Å². The maximum Gasteiger partial charge on any atom is 0.277 e. The highest BCUT2D eigenvalue weighted by Crippen LogP contribution is 2.21. The summed E-state index contributed by atoms with van der Waals surface area (Å²) in [7, 11) is 0. The molecule has 4 rings (SSSR count). The average Bonchev–Trinajstić information content (AvgIpc) is 3.10. The lowest BCUT2D eigenvalue weighted by atomic mass is 10.1. The number of nitrogens with zero attached hydrogens (tertiary/aromatic N) is 2. The van der Waals surface area contributed by atoms with E-state index in [1.54, 1.807) is 30.5 Å². The molecule has 3 aromatic carbocycles. The van der Waals surface area contributed by atoms with E-state index in [1.807, 2.05) is 24.4 Å². The number of nitrogens with one attached hydrogen (secondary N) is 1. The largest absolute Gasteiger partial charge is 0.484 e. The predicted octanol–water partition coefficient (Wildman–Crippen LogP) is 5.18. The molecule has 0 aliphatic carbocycles. The molecule has 156 valence electrons. The van der Waals surface area contributed by atoms with Gasteiger partial charge in [0.05, 0.1) is 6.21 Å². The van der Waals surface area contributed by atoms with Gasteiger partial charge < -0.3 is 9.30 Å². The molecule has 0 saturated carbocycles. The van der Waals surface area contributed by atoms with E-state index in [2.05, 4.69) is 52.3 Å². The number of halogens is 1. The molecule has 0 radical (unpaired) electrons. The Bertz CT molecular complexity index is 1250. The van der Waals surface area contributed by atoms with Crippen LogP contribution in [-0.4, -0.2) is 23.3 Å². The number of benzene rings is 3. The minimum atomic E-state index is -0.347. The van der Waals surface area contributed by atoms with Gasteiger partial charge in [-0.05, 0) is 36.8 Å². The SMILES string of the molecule is Cc1cccc(Cn2cc(/C=N/NC(=O)COc3cccc(Cl)c3)c3ccccc32)c1. The van der Waals surface area contributed by atoms with Crippen molar-refractivity contribution in [3.05, 3.63) is 101 Å². The monoisotopic (exact) mass is 431 g/mol. The molecule has 0 fully saturated rings. The number of hydrogen-bond donors (Lipinski definition) is 1. The van der Waals surface area contributed by atoms with Crippen molar-refractivity contribution >= 4 is 34.6 Å². The van der Waals surface area contributed by atoms with Crippen molar-refractivity contribution in [3.8, 4) is 5.75 Å². The van der Waals surface area contributed by atoms with Crippen LogP contribution in [0.25, 0.3) is 10.9 Å². The standard InChI is InChI=1S/C25H22ClN3O2/c1-18-6-4-7-19(12-18)15-29-16-20(23-10-2-3-11-24(23)29)14-27-28-25(30)17-31-22-9-5-8-21(26)13-22/h2-14,16H,15,17H2,1H3,(H,28,30)/b27-14+. The lowest BCUT2D eigenvalue weighted by molar-refractivity contribution is -0.123. The topological polar surface area (TPSA) is 55.6 Å². The fourth-order valence-corrected chi connectivity index (χ4v) is 3.61. The van der Waals surface area contributed by atoms with Gasteiger partial charge in [0.15, 0.2) is 6.61 Å². The highest BCUT2D eigenvalue weighted by Gasteiger charge is 2.08. The fraction of sp³-hybridized carbons (Fsp3) is 0.120. The Labute approximate surface area is 185 Å². The number of ether oxygens (including phenoxy) is 1. The van der Waals surface area contributed by atoms with Gasteiger partial charge in [-0.2, -0.15) is 5.10 Å². The third-order valence-electron chi connectivity index (χ3n) is 4.81. The van der Waals surface area contributed by atoms with Gasteiger partial charge in [-0.15, -0.1) is 0 Å². The summed E-state index contributed by atoms with van der Waals surface area (Å²) in [5.74, 6) is 0.186. The maximum atomic E-state index is 12.0. The molecule has 0 aliphatic heterocycles. The van der Waals surface area contributed by atoms with Gasteiger partial charge in [-0.25, -0.2) is 5.43 Å². The summed E-state index contributed by atoms with van der Waals surface area (Å²) in [5, 5.41) is 5.74. The van der Waals surface area contributed by atoms with E-state index < -0.39 is 0 Å². The molecule has 6 heteroatoms. The molecule has 1 heterocycles. The van der Waals surface area contributed by atoms with Crippen molar-refractivity contribution in [2.75, 3.05) is 6.61 Å². The van der Waals surface area contributed by atoms with Crippen LogP contribution in [0.2, 0.25) is 5.02 Å². The van der Waals surface area contributed by atoms with Crippen molar-refractivity contribution in [3.63, 3.8) is 0 Å². The lowest BCUT2D eigenvalue weighted by Gasteiger charge is -2.06. The summed E-state index contributed by atoms with van der Waals surface area (Å²) in [4.78, 5) is 12.0. The fourth-order valence-electron chi connectivity index (χ4n) is 3.43. The third kappa shape index (κ3) is 5.32. The molecule has 1 aromatic heterocycles. The number of para-hydroxylation sites is 1. The zero-order valence-corrected chi connectivity index (χ0v) is 17.8. The molecule has 1 N–H and O–H groups in total. The van der Waals surface area contributed by atoms with Crippen LogP contribution in [0.15, 0.2) is 84.1 Å². The highest BCUT2D eigenvalue weighted by atomic mass is 35.5. The van der Waals surface area contributed by atoms with Gasteiger partial charge in [-0.3, -0.25) is 4.79 Å². The van der Waals surface area contributed by atoms with Gasteiger partial charge in [0.1, 0.15) is 5.75 Å². The first kappa shape index (κ1) is 20.7. The molecule has 0 aliphatic rings. The second-order valence-corrected chi connectivity index (χ2v) is 7.69. The number of carbonyl (C=O) groups is 1. The normalized spacial score (nSPS) is 11.2. The van der Waals surface area contributed by atoms with E-state index in [9.17, 15) is 4.79 Å². The Hall–Kier alpha value is -3.57. The second kappa shape index (κ2) is 9.49. The van der Waals surface area contributed by atoms with E-state index in [0.717, 1.165) is 23.0 Å². The predicted molar refractivity (Wildman–Crippen MR) is 125 cm³/mol. The van der Waals surface area contributed by atoms with Crippen LogP contribution >= 0.6 is 11.6 Å². The van der Waals surface area contributed by atoms with Crippen molar-refractivity contribution in [2.45, 2.75) is 13.5 Å². The number of carbonyl (C=O) groups excluding carboxylic acids is 1. The Balaban J connectivity index is 1.44. The number of rotatable bonds is 7. The van der Waals surface area contributed by atoms with E-state index >= 15 is 0 Å². The summed E-state index contributed by atoms with van der Waals surface area (Å²) in [6, 6.07) is 23.5. The molecule has 4 aromatic rings. The summed E-state index contributed by atoms with van der Waals surface area (Å²) >= 11 is 5.91. The van der Waals surface area contributed by atoms with Crippen molar-refractivity contribution in [2.24, 2.45) is 5.10 Å². The Morgan fingerprint density at radius 2 is 1.94 bits per heavy atom. The van der Waals surface area contributed by atoms with Gasteiger partial charge in [0.2, 0.25) is 0 Å². The second-order valence-electron chi connectivity index (χ2n) is 7.26. The van der Waals surface area contributed by atoms with E-state index in [1.165, 1.54) is 11.1 Å². The number of hydrogen-bond acceptors (Lipinski definition) is 3. The minimum absolute atomic E-state index is 0.146. The molecule has 1 amide bonds. The van der Waals surface area contributed by atoms with E-state index in [4.69, 9.17) is 16.3 Å². The first-order valence-electron chi connectivity index (χ1n) is 9.92. The number of amides is 1. The number of fused-ring (bicyclic) bond motifs is 1. The lowest BCUT2D eigenvalue weighted by Crippen LogP contribution is -2.24. The summed E-state index contributed by atoms with van der Waals surface area (Å²) < 4.78 is 7.62. The first-order chi connectivity index (χ1) is 15.1. The summed E-state index contributed by atoms with van der Waals surface area (Å²) in [6.45, 7) is 2.71.